The van der Waals surface area contributed by atoms with Crippen molar-refractivity contribution < 1.29 is 14.4 Å². The summed E-state index contributed by atoms with van der Waals surface area (Å²) in [5.41, 5.74) is 1.40. The molecule has 0 amide bonds. The zero-order chi connectivity index (χ0) is 13.2. The molecule has 0 spiro atoms. The van der Waals surface area contributed by atoms with Gasteiger partial charge in [-0.1, -0.05) is 35.5 Å². The topological polar surface area (TPSA) is 49.7 Å². The molecule has 1 N–H and O–H groups in total. The van der Waals surface area contributed by atoms with Gasteiger partial charge >= 0.3 is 0 Å². The van der Waals surface area contributed by atoms with Crippen LogP contribution in [0.15, 0.2) is 59.8 Å². The van der Waals surface area contributed by atoms with Crippen LogP contribution >= 0.6 is 0 Å². The number of benzene rings is 2. The first-order valence-electron chi connectivity index (χ1n) is 5.19. The molecule has 0 aliphatic heterocycles. The Labute approximate surface area is 104 Å². The van der Waals surface area contributed by atoms with Crippen LogP contribution in [0.1, 0.15) is 15.9 Å². The van der Waals surface area contributed by atoms with Crippen molar-refractivity contribution in [2.75, 3.05) is 0 Å². The highest BCUT2D eigenvalue weighted by Gasteiger charge is 1.88. The lowest BCUT2D eigenvalue weighted by atomic mass is 10.2. The summed E-state index contributed by atoms with van der Waals surface area (Å²) in [7, 11) is 0. The molecular formula is C14H12FNO2. The fourth-order valence-electron chi connectivity index (χ4n) is 1.15. The van der Waals surface area contributed by atoms with Crippen LogP contribution in [-0.2, 0) is 0 Å². The number of hydrogen-bond donors (Lipinski definition) is 1. The van der Waals surface area contributed by atoms with E-state index in [1.54, 1.807) is 0 Å². The fourth-order valence-corrected chi connectivity index (χ4v) is 1.15. The lowest BCUT2D eigenvalue weighted by Crippen LogP contribution is -1.77. The molecule has 2 rings (SSSR count). The van der Waals surface area contributed by atoms with E-state index in [9.17, 15) is 9.18 Å². The van der Waals surface area contributed by atoms with E-state index in [-0.39, 0.29) is 5.82 Å². The van der Waals surface area contributed by atoms with E-state index in [0.717, 1.165) is 5.56 Å². The summed E-state index contributed by atoms with van der Waals surface area (Å²) in [5, 5.41) is 11.0. The minimum atomic E-state index is -0.319. The maximum absolute atomic E-state index is 12.1. The molecule has 0 atom stereocenters. The highest BCUT2D eigenvalue weighted by atomic mass is 19.1. The van der Waals surface area contributed by atoms with Crippen LogP contribution in [0, 0.1) is 5.82 Å². The van der Waals surface area contributed by atoms with E-state index < -0.39 is 0 Å². The predicted octanol–water partition coefficient (Wildman–Crippen LogP) is 3.13. The van der Waals surface area contributed by atoms with Gasteiger partial charge in [-0.2, -0.15) is 0 Å². The normalized spacial score (nSPS) is 9.61. The van der Waals surface area contributed by atoms with Gasteiger partial charge in [0, 0.05) is 5.56 Å². The van der Waals surface area contributed by atoms with Crippen molar-refractivity contribution in [2.45, 2.75) is 0 Å². The Balaban J connectivity index is 0.000000180. The van der Waals surface area contributed by atoms with Gasteiger partial charge in [0.1, 0.15) is 12.1 Å². The van der Waals surface area contributed by atoms with Gasteiger partial charge in [0.25, 0.3) is 0 Å². The molecule has 4 heteroatoms. The second-order valence-electron chi connectivity index (χ2n) is 3.32. The van der Waals surface area contributed by atoms with Gasteiger partial charge in [-0.15, -0.1) is 0 Å². The van der Waals surface area contributed by atoms with E-state index in [0.29, 0.717) is 11.8 Å². The van der Waals surface area contributed by atoms with Gasteiger partial charge < -0.3 is 5.21 Å². The van der Waals surface area contributed by atoms with Crippen molar-refractivity contribution in [3.63, 3.8) is 0 Å². The number of aldehydes is 1. The number of carbonyl (C=O) groups excluding carboxylic acids is 1. The number of carbonyl (C=O) groups is 1. The quantitative estimate of drug-likeness (QED) is 0.382. The first kappa shape index (κ1) is 13.6. The lowest BCUT2D eigenvalue weighted by molar-refractivity contribution is 0.112. The number of oxime groups is 1. The van der Waals surface area contributed by atoms with Crippen LogP contribution in [0.5, 0.6) is 0 Å². The summed E-state index contributed by atoms with van der Waals surface area (Å²) in [6.45, 7) is 0. The Morgan fingerprint density at radius 3 is 2.06 bits per heavy atom. The fraction of sp³-hybridized carbons (Fsp3) is 0. The molecule has 0 fully saturated rings. The molecule has 0 aliphatic rings. The molecule has 18 heavy (non-hydrogen) atoms. The van der Waals surface area contributed by atoms with Crippen molar-refractivity contribution in [1.29, 1.82) is 0 Å². The van der Waals surface area contributed by atoms with Crippen molar-refractivity contribution in [2.24, 2.45) is 5.16 Å². The number of hydrogen-bond acceptors (Lipinski definition) is 3. The van der Waals surface area contributed by atoms with Gasteiger partial charge in [-0.3, -0.25) is 4.79 Å². The minimum absolute atomic E-state index is 0.319. The monoisotopic (exact) mass is 245 g/mol. The van der Waals surface area contributed by atoms with Crippen LogP contribution < -0.4 is 0 Å². The molecule has 0 saturated heterocycles. The van der Waals surface area contributed by atoms with Gasteiger partial charge in [0.05, 0.1) is 6.21 Å². The molecule has 0 bridgehead atoms. The smallest absolute Gasteiger partial charge is 0.150 e. The summed E-state index contributed by atoms with van der Waals surface area (Å²) < 4.78 is 12.1. The lowest BCUT2D eigenvalue weighted by Gasteiger charge is -1.86. The van der Waals surface area contributed by atoms with Crippen molar-refractivity contribution in [3.8, 4) is 0 Å². The Bertz CT molecular complexity index is 495. The third-order valence-corrected chi connectivity index (χ3v) is 2.01. The van der Waals surface area contributed by atoms with Crippen LogP contribution in [-0.4, -0.2) is 17.7 Å². The Kier molecular flexibility index (Phi) is 5.83. The van der Waals surface area contributed by atoms with Gasteiger partial charge in [0.2, 0.25) is 0 Å². The van der Waals surface area contributed by atoms with Crippen LogP contribution in [0.3, 0.4) is 0 Å². The van der Waals surface area contributed by atoms with Gasteiger partial charge in [0.15, 0.2) is 0 Å². The standard InChI is InChI=1S/C7H5FO.C7H7NO/c8-7-3-1-6(5-9)2-4-7;9-8-6-7-4-2-1-3-5-7/h1-5H;1-6,9H. The Hall–Kier alpha value is -2.49. The maximum Gasteiger partial charge on any atom is 0.150 e. The zero-order valence-electron chi connectivity index (χ0n) is 9.53. The average molecular weight is 245 g/mol. The number of nitrogens with zero attached hydrogens (tertiary/aromatic N) is 1. The second kappa shape index (κ2) is 7.73. The molecule has 0 saturated carbocycles. The summed E-state index contributed by atoms with van der Waals surface area (Å²) >= 11 is 0. The first-order chi connectivity index (χ1) is 8.76. The third-order valence-electron chi connectivity index (χ3n) is 2.01. The summed E-state index contributed by atoms with van der Waals surface area (Å²) in [4.78, 5) is 10.00. The van der Waals surface area contributed by atoms with Gasteiger partial charge in [-0.05, 0) is 29.8 Å². The van der Waals surface area contributed by atoms with Crippen molar-refractivity contribution in [3.05, 3.63) is 71.5 Å². The first-order valence-corrected chi connectivity index (χ1v) is 5.19. The van der Waals surface area contributed by atoms with E-state index in [1.165, 1.54) is 30.5 Å². The third kappa shape index (κ3) is 5.03. The largest absolute Gasteiger partial charge is 0.411 e. The zero-order valence-corrected chi connectivity index (χ0v) is 9.53. The van der Waals surface area contributed by atoms with Gasteiger partial charge in [-0.25, -0.2) is 4.39 Å². The van der Waals surface area contributed by atoms with Crippen LogP contribution in [0.25, 0.3) is 0 Å². The molecule has 2 aromatic rings. The molecule has 92 valence electrons. The second-order valence-corrected chi connectivity index (χ2v) is 3.32. The van der Waals surface area contributed by atoms with Crippen molar-refractivity contribution >= 4 is 12.5 Å². The van der Waals surface area contributed by atoms with Crippen LogP contribution in [0.2, 0.25) is 0 Å². The molecule has 0 heterocycles. The number of halogens is 1. The molecule has 0 aliphatic carbocycles. The highest BCUT2D eigenvalue weighted by Crippen LogP contribution is 1.98. The Morgan fingerprint density at radius 1 is 0.944 bits per heavy atom. The summed E-state index contributed by atoms with van der Waals surface area (Å²) in [6, 6.07) is 14.8. The van der Waals surface area contributed by atoms with E-state index in [1.807, 2.05) is 30.3 Å². The maximum atomic E-state index is 12.1. The van der Waals surface area contributed by atoms with E-state index in [4.69, 9.17) is 5.21 Å². The van der Waals surface area contributed by atoms with Crippen LogP contribution in [0.4, 0.5) is 4.39 Å². The Morgan fingerprint density at radius 2 is 1.56 bits per heavy atom. The molecule has 0 unspecified atom stereocenters. The predicted molar refractivity (Wildman–Crippen MR) is 67.6 cm³/mol. The highest BCUT2D eigenvalue weighted by molar-refractivity contribution is 5.78. The molecule has 3 nitrogen and oxygen atoms in total. The van der Waals surface area contributed by atoms with E-state index in [2.05, 4.69) is 5.16 Å². The van der Waals surface area contributed by atoms with E-state index >= 15 is 0 Å². The SMILES string of the molecule is O=Cc1ccc(F)cc1.ON=Cc1ccccc1. The molecule has 0 aromatic heterocycles. The molecule has 0 radical (unpaired) electrons. The molecule has 2 aromatic carbocycles. The molecular weight excluding hydrogens is 233 g/mol. The summed E-state index contributed by atoms with van der Waals surface area (Å²) in [5.74, 6) is -0.319. The average Bonchev–Trinajstić information content (AvgIpc) is 2.42. The number of rotatable bonds is 2. The van der Waals surface area contributed by atoms with Crippen molar-refractivity contribution in [1.82, 2.24) is 0 Å². The minimum Gasteiger partial charge on any atom is -0.411 e. The summed E-state index contributed by atoms with van der Waals surface area (Å²) in [6.07, 6.45) is 2.07.